The number of hydrogen-bond donors (Lipinski definition) is 1. The quantitative estimate of drug-likeness (QED) is 0.910. The molecular weight excluding hydrogens is 260 g/mol. The van der Waals surface area contributed by atoms with E-state index in [1.807, 2.05) is 19.2 Å². The first-order valence-electron chi connectivity index (χ1n) is 6.53. The Morgan fingerprint density at radius 1 is 1.15 bits per heavy atom. The summed E-state index contributed by atoms with van der Waals surface area (Å²) in [4.78, 5) is 2.14. The van der Waals surface area contributed by atoms with E-state index < -0.39 is 17.7 Å². The van der Waals surface area contributed by atoms with E-state index in [1.165, 1.54) is 6.07 Å². The molecule has 0 saturated heterocycles. The first-order chi connectivity index (χ1) is 9.56. The SMILES string of the molecule is CN1CCc2cc(C(O)c3ccc(F)cc3F)ccc21. The average molecular weight is 275 g/mol. The summed E-state index contributed by atoms with van der Waals surface area (Å²) < 4.78 is 26.6. The second kappa shape index (κ2) is 4.87. The molecule has 0 radical (unpaired) electrons. The molecule has 0 bridgehead atoms. The summed E-state index contributed by atoms with van der Waals surface area (Å²) in [5, 5.41) is 10.3. The van der Waals surface area contributed by atoms with Crippen molar-refractivity contribution < 1.29 is 13.9 Å². The van der Waals surface area contributed by atoms with E-state index >= 15 is 0 Å². The van der Waals surface area contributed by atoms with E-state index in [0.29, 0.717) is 5.56 Å². The van der Waals surface area contributed by atoms with Crippen LogP contribution >= 0.6 is 0 Å². The second-order valence-corrected chi connectivity index (χ2v) is 5.13. The standard InChI is InChI=1S/C16H15F2NO/c1-19-7-6-10-8-11(2-5-15(10)19)16(20)13-4-3-12(17)9-14(13)18/h2-5,8-9,16,20H,6-7H2,1H3. The van der Waals surface area contributed by atoms with Gasteiger partial charge in [0.1, 0.15) is 17.7 Å². The summed E-state index contributed by atoms with van der Waals surface area (Å²) in [6, 6.07) is 8.85. The Bertz CT molecular complexity index is 657. The lowest BCUT2D eigenvalue weighted by Gasteiger charge is -2.15. The molecule has 2 aromatic rings. The average Bonchev–Trinajstić information content (AvgIpc) is 2.79. The van der Waals surface area contributed by atoms with Crippen molar-refractivity contribution in [1.29, 1.82) is 0 Å². The Labute approximate surface area is 116 Å². The number of aliphatic hydroxyl groups excluding tert-OH is 1. The zero-order valence-corrected chi connectivity index (χ0v) is 11.1. The summed E-state index contributed by atoms with van der Waals surface area (Å²) in [5.74, 6) is -1.37. The third-order valence-corrected chi connectivity index (χ3v) is 3.80. The Morgan fingerprint density at radius 2 is 1.95 bits per heavy atom. The molecule has 1 aliphatic heterocycles. The van der Waals surface area contributed by atoms with Gasteiger partial charge in [-0.15, -0.1) is 0 Å². The van der Waals surface area contributed by atoms with Crippen molar-refractivity contribution in [2.75, 3.05) is 18.5 Å². The zero-order chi connectivity index (χ0) is 14.3. The van der Waals surface area contributed by atoms with Gasteiger partial charge in [0.2, 0.25) is 0 Å². The molecule has 1 unspecified atom stereocenters. The van der Waals surface area contributed by atoms with Crippen molar-refractivity contribution in [3.05, 3.63) is 64.7 Å². The molecular formula is C16H15F2NO. The topological polar surface area (TPSA) is 23.5 Å². The molecule has 1 atom stereocenters. The van der Waals surface area contributed by atoms with Gasteiger partial charge in [0.25, 0.3) is 0 Å². The minimum Gasteiger partial charge on any atom is -0.384 e. The predicted octanol–water partition coefficient (Wildman–Crippen LogP) is 3.04. The van der Waals surface area contributed by atoms with Gasteiger partial charge in [-0.2, -0.15) is 0 Å². The number of nitrogens with zero attached hydrogens (tertiary/aromatic N) is 1. The first kappa shape index (κ1) is 13.1. The lowest BCUT2D eigenvalue weighted by molar-refractivity contribution is 0.214. The maximum atomic E-state index is 13.7. The molecule has 20 heavy (non-hydrogen) atoms. The Morgan fingerprint density at radius 3 is 2.70 bits per heavy atom. The molecule has 0 amide bonds. The number of halogens is 2. The fourth-order valence-corrected chi connectivity index (χ4v) is 2.66. The molecule has 2 aromatic carbocycles. The van der Waals surface area contributed by atoms with Crippen molar-refractivity contribution in [1.82, 2.24) is 0 Å². The third-order valence-electron chi connectivity index (χ3n) is 3.80. The van der Waals surface area contributed by atoms with Crippen LogP contribution in [0.15, 0.2) is 36.4 Å². The van der Waals surface area contributed by atoms with Crippen LogP contribution < -0.4 is 4.90 Å². The molecule has 4 heteroatoms. The van der Waals surface area contributed by atoms with Crippen molar-refractivity contribution in [2.24, 2.45) is 0 Å². The smallest absolute Gasteiger partial charge is 0.132 e. The van der Waals surface area contributed by atoms with Gasteiger partial charge in [-0.05, 0) is 29.7 Å². The van der Waals surface area contributed by atoms with Crippen LogP contribution in [0.1, 0.15) is 22.8 Å². The number of fused-ring (bicyclic) bond motifs is 1. The highest BCUT2D eigenvalue weighted by Gasteiger charge is 2.20. The van der Waals surface area contributed by atoms with Crippen LogP contribution in [0.5, 0.6) is 0 Å². The highest BCUT2D eigenvalue weighted by molar-refractivity contribution is 5.59. The van der Waals surface area contributed by atoms with Gasteiger partial charge in [0, 0.05) is 30.9 Å². The fourth-order valence-electron chi connectivity index (χ4n) is 2.66. The number of likely N-dealkylation sites (N-methyl/N-ethyl adjacent to an activating group) is 1. The van der Waals surface area contributed by atoms with Gasteiger partial charge in [-0.25, -0.2) is 8.78 Å². The largest absolute Gasteiger partial charge is 0.384 e. The minimum atomic E-state index is -1.08. The predicted molar refractivity (Wildman–Crippen MR) is 73.8 cm³/mol. The van der Waals surface area contributed by atoms with Crippen LogP contribution in [0.3, 0.4) is 0 Å². The van der Waals surface area contributed by atoms with E-state index in [2.05, 4.69) is 4.90 Å². The van der Waals surface area contributed by atoms with Crippen LogP contribution in [0.2, 0.25) is 0 Å². The van der Waals surface area contributed by atoms with Crippen LogP contribution in [-0.4, -0.2) is 18.7 Å². The lowest BCUT2D eigenvalue weighted by Crippen LogP contribution is -2.12. The Balaban J connectivity index is 1.97. The summed E-state index contributed by atoms with van der Waals surface area (Å²) in [7, 11) is 2.02. The molecule has 104 valence electrons. The van der Waals surface area contributed by atoms with Gasteiger partial charge < -0.3 is 10.0 Å². The second-order valence-electron chi connectivity index (χ2n) is 5.13. The summed E-state index contributed by atoms with van der Waals surface area (Å²) in [6.45, 7) is 0.944. The van der Waals surface area contributed by atoms with E-state index in [-0.39, 0.29) is 5.56 Å². The third kappa shape index (κ3) is 2.16. The maximum absolute atomic E-state index is 13.7. The van der Waals surface area contributed by atoms with Gasteiger partial charge in [0.05, 0.1) is 0 Å². The molecule has 3 rings (SSSR count). The Hall–Kier alpha value is -1.94. The van der Waals surface area contributed by atoms with Gasteiger partial charge in [-0.3, -0.25) is 0 Å². The van der Waals surface area contributed by atoms with Crippen molar-refractivity contribution in [2.45, 2.75) is 12.5 Å². The lowest BCUT2D eigenvalue weighted by atomic mass is 9.98. The van der Waals surface area contributed by atoms with Gasteiger partial charge in [-0.1, -0.05) is 18.2 Å². The minimum absolute atomic E-state index is 0.0951. The highest BCUT2D eigenvalue weighted by Crippen LogP contribution is 2.32. The van der Waals surface area contributed by atoms with E-state index in [0.717, 1.165) is 36.3 Å². The molecule has 1 heterocycles. The van der Waals surface area contributed by atoms with E-state index in [1.54, 1.807) is 6.07 Å². The molecule has 0 saturated carbocycles. The molecule has 0 spiro atoms. The molecule has 1 N–H and O–H groups in total. The number of anilines is 1. The van der Waals surface area contributed by atoms with E-state index in [4.69, 9.17) is 0 Å². The van der Waals surface area contributed by atoms with Crippen molar-refractivity contribution in [3.63, 3.8) is 0 Å². The van der Waals surface area contributed by atoms with Crippen LogP contribution in [0.4, 0.5) is 14.5 Å². The number of benzene rings is 2. The maximum Gasteiger partial charge on any atom is 0.132 e. The van der Waals surface area contributed by atoms with Crippen LogP contribution in [0, 0.1) is 11.6 Å². The number of rotatable bonds is 2. The summed E-state index contributed by atoms with van der Waals surface area (Å²) >= 11 is 0. The monoisotopic (exact) mass is 275 g/mol. The summed E-state index contributed by atoms with van der Waals surface area (Å²) in [5.41, 5.74) is 3.01. The van der Waals surface area contributed by atoms with Gasteiger partial charge in [0.15, 0.2) is 0 Å². The summed E-state index contributed by atoms with van der Waals surface area (Å²) in [6.07, 6.45) is -0.162. The molecule has 0 fully saturated rings. The molecule has 0 aliphatic carbocycles. The molecule has 0 aromatic heterocycles. The normalized spacial score (nSPS) is 15.3. The molecule has 2 nitrogen and oxygen atoms in total. The fraction of sp³-hybridized carbons (Fsp3) is 0.250. The Kier molecular flexibility index (Phi) is 3.18. The number of aliphatic hydroxyl groups is 1. The van der Waals surface area contributed by atoms with Crippen molar-refractivity contribution in [3.8, 4) is 0 Å². The van der Waals surface area contributed by atoms with Gasteiger partial charge >= 0.3 is 0 Å². The number of hydrogen-bond acceptors (Lipinski definition) is 2. The first-order valence-corrected chi connectivity index (χ1v) is 6.53. The van der Waals surface area contributed by atoms with Crippen LogP contribution in [-0.2, 0) is 6.42 Å². The van der Waals surface area contributed by atoms with E-state index in [9.17, 15) is 13.9 Å². The highest BCUT2D eigenvalue weighted by atomic mass is 19.1. The van der Waals surface area contributed by atoms with Crippen molar-refractivity contribution >= 4 is 5.69 Å². The van der Waals surface area contributed by atoms with Crippen LogP contribution in [0.25, 0.3) is 0 Å². The molecule has 1 aliphatic rings. The zero-order valence-electron chi connectivity index (χ0n) is 11.1.